The maximum absolute atomic E-state index is 12.2. The Labute approximate surface area is 130 Å². The molecule has 7 heteroatoms. The van der Waals surface area contributed by atoms with Gasteiger partial charge in [-0.25, -0.2) is 4.98 Å². The summed E-state index contributed by atoms with van der Waals surface area (Å²) in [6.45, 7) is 1.25. The second-order valence-corrected chi connectivity index (χ2v) is 6.26. The molecular weight excluding hydrogens is 306 g/mol. The normalized spacial score (nSPS) is 11.1. The first-order valence-corrected chi connectivity index (χ1v) is 8.33. The lowest BCUT2D eigenvalue weighted by Crippen LogP contribution is -2.26. The number of thiophene rings is 1. The van der Waals surface area contributed by atoms with Gasteiger partial charge in [-0.1, -0.05) is 6.07 Å². The van der Waals surface area contributed by atoms with Gasteiger partial charge in [0.15, 0.2) is 4.96 Å². The number of amides is 1. The number of fused-ring (bicyclic) bond motifs is 1. The predicted octanol–water partition coefficient (Wildman–Crippen LogP) is 2.89. The van der Waals surface area contributed by atoms with Gasteiger partial charge in [0.25, 0.3) is 5.91 Å². The van der Waals surface area contributed by atoms with E-state index in [0.29, 0.717) is 18.8 Å². The van der Waals surface area contributed by atoms with E-state index in [0.717, 1.165) is 22.0 Å². The first-order valence-electron chi connectivity index (χ1n) is 6.57. The molecule has 3 rings (SSSR count). The minimum absolute atomic E-state index is 0.0764. The summed E-state index contributed by atoms with van der Waals surface area (Å²) in [5.41, 5.74) is 1.54. The molecule has 0 atom stereocenters. The standard InChI is InChI=1S/C14H15N3O2S2/c1-19-6-3-5-15-13(18)11-9-21-14-16-10(8-17(11)14)12-4-2-7-20-12/h2,4,7-9H,3,5-6H2,1H3,(H,15,18). The third-order valence-corrected chi connectivity index (χ3v) is 4.76. The number of aromatic nitrogens is 2. The molecule has 5 nitrogen and oxygen atoms in total. The third-order valence-electron chi connectivity index (χ3n) is 3.03. The van der Waals surface area contributed by atoms with Crippen molar-refractivity contribution in [3.8, 4) is 10.6 Å². The number of ether oxygens (including phenoxy) is 1. The zero-order valence-corrected chi connectivity index (χ0v) is 13.2. The van der Waals surface area contributed by atoms with Crippen molar-refractivity contribution in [2.24, 2.45) is 0 Å². The lowest BCUT2D eigenvalue weighted by Gasteiger charge is -2.03. The Morgan fingerprint density at radius 1 is 1.48 bits per heavy atom. The largest absolute Gasteiger partial charge is 0.385 e. The number of hydrogen-bond donors (Lipinski definition) is 1. The van der Waals surface area contributed by atoms with Crippen LogP contribution in [0.1, 0.15) is 16.9 Å². The highest BCUT2D eigenvalue weighted by molar-refractivity contribution is 7.15. The molecule has 3 aromatic rings. The number of methoxy groups -OCH3 is 1. The number of imidazole rings is 1. The number of nitrogens with zero attached hydrogens (tertiary/aromatic N) is 2. The van der Waals surface area contributed by atoms with Crippen LogP contribution in [0.2, 0.25) is 0 Å². The first-order chi connectivity index (χ1) is 10.3. The van der Waals surface area contributed by atoms with E-state index < -0.39 is 0 Å². The maximum atomic E-state index is 12.2. The smallest absolute Gasteiger partial charge is 0.269 e. The molecule has 0 saturated carbocycles. The van der Waals surface area contributed by atoms with Gasteiger partial charge in [0.1, 0.15) is 11.4 Å². The van der Waals surface area contributed by atoms with Crippen molar-refractivity contribution in [1.29, 1.82) is 0 Å². The Morgan fingerprint density at radius 3 is 3.14 bits per heavy atom. The molecule has 3 heterocycles. The molecule has 1 N–H and O–H groups in total. The van der Waals surface area contributed by atoms with E-state index in [4.69, 9.17) is 4.74 Å². The van der Waals surface area contributed by atoms with Crippen molar-refractivity contribution in [2.45, 2.75) is 6.42 Å². The summed E-state index contributed by atoms with van der Waals surface area (Å²) in [6, 6.07) is 4.03. The van der Waals surface area contributed by atoms with Crippen LogP contribution < -0.4 is 5.32 Å². The molecule has 0 aliphatic heterocycles. The molecule has 1 amide bonds. The molecule has 110 valence electrons. The van der Waals surface area contributed by atoms with Gasteiger partial charge in [-0.15, -0.1) is 22.7 Å². The highest BCUT2D eigenvalue weighted by Gasteiger charge is 2.15. The van der Waals surface area contributed by atoms with Crippen LogP contribution in [0.25, 0.3) is 15.5 Å². The Balaban J connectivity index is 1.78. The van der Waals surface area contributed by atoms with Crippen molar-refractivity contribution in [3.05, 3.63) is 34.8 Å². The molecule has 0 bridgehead atoms. The summed E-state index contributed by atoms with van der Waals surface area (Å²) in [7, 11) is 1.65. The average Bonchev–Trinajstić information content (AvgIpc) is 3.16. The van der Waals surface area contributed by atoms with Crippen LogP contribution in [-0.2, 0) is 4.74 Å². The highest BCUT2D eigenvalue weighted by atomic mass is 32.1. The fraction of sp³-hybridized carbons (Fsp3) is 0.286. The molecule has 0 unspecified atom stereocenters. The van der Waals surface area contributed by atoms with Crippen LogP contribution in [0.4, 0.5) is 0 Å². The van der Waals surface area contributed by atoms with Crippen molar-refractivity contribution >= 4 is 33.5 Å². The number of carbonyl (C=O) groups is 1. The summed E-state index contributed by atoms with van der Waals surface area (Å²) >= 11 is 3.12. The van der Waals surface area contributed by atoms with Crippen molar-refractivity contribution in [1.82, 2.24) is 14.7 Å². The van der Waals surface area contributed by atoms with Crippen LogP contribution in [-0.4, -0.2) is 35.6 Å². The Kier molecular flexibility index (Phi) is 4.33. The number of nitrogens with one attached hydrogen (secondary N) is 1. The molecular formula is C14H15N3O2S2. The summed E-state index contributed by atoms with van der Waals surface area (Å²) < 4.78 is 6.82. The quantitative estimate of drug-likeness (QED) is 0.710. The number of thiazole rings is 1. The second-order valence-electron chi connectivity index (χ2n) is 4.48. The second kappa shape index (κ2) is 6.38. The van der Waals surface area contributed by atoms with Gasteiger partial charge in [-0.2, -0.15) is 0 Å². The fourth-order valence-electron chi connectivity index (χ4n) is 2.00. The minimum atomic E-state index is -0.0764. The lowest BCUT2D eigenvalue weighted by atomic mass is 10.4. The molecule has 0 aliphatic carbocycles. The zero-order chi connectivity index (χ0) is 14.7. The van der Waals surface area contributed by atoms with Crippen LogP contribution in [0.3, 0.4) is 0 Å². The maximum Gasteiger partial charge on any atom is 0.269 e. The van der Waals surface area contributed by atoms with Crippen LogP contribution in [0.15, 0.2) is 29.1 Å². The zero-order valence-electron chi connectivity index (χ0n) is 11.5. The predicted molar refractivity (Wildman–Crippen MR) is 85.2 cm³/mol. The topological polar surface area (TPSA) is 55.6 Å². The van der Waals surface area contributed by atoms with Gasteiger partial charge >= 0.3 is 0 Å². The summed E-state index contributed by atoms with van der Waals surface area (Å²) in [6.07, 6.45) is 2.72. The lowest BCUT2D eigenvalue weighted by molar-refractivity contribution is 0.0943. The van der Waals surface area contributed by atoms with Gasteiger partial charge in [-0.3, -0.25) is 9.20 Å². The van der Waals surface area contributed by atoms with E-state index in [1.54, 1.807) is 18.4 Å². The third kappa shape index (κ3) is 2.99. The Morgan fingerprint density at radius 2 is 2.38 bits per heavy atom. The molecule has 0 fully saturated rings. The monoisotopic (exact) mass is 321 g/mol. The van der Waals surface area contributed by atoms with E-state index in [-0.39, 0.29) is 5.91 Å². The van der Waals surface area contributed by atoms with Gasteiger partial charge in [0.2, 0.25) is 0 Å². The molecule has 0 spiro atoms. The summed E-state index contributed by atoms with van der Waals surface area (Å²) in [4.78, 5) is 18.7. The van der Waals surface area contributed by atoms with Gasteiger partial charge < -0.3 is 10.1 Å². The molecule has 0 aliphatic rings. The number of carbonyl (C=O) groups excluding carboxylic acids is 1. The first kappa shape index (κ1) is 14.2. The van der Waals surface area contributed by atoms with Crippen molar-refractivity contribution in [2.75, 3.05) is 20.3 Å². The van der Waals surface area contributed by atoms with E-state index >= 15 is 0 Å². The van der Waals surface area contributed by atoms with Gasteiger partial charge in [-0.05, 0) is 17.9 Å². The molecule has 21 heavy (non-hydrogen) atoms. The highest BCUT2D eigenvalue weighted by Crippen LogP contribution is 2.26. The number of hydrogen-bond acceptors (Lipinski definition) is 5. The number of rotatable bonds is 6. The molecule has 0 aromatic carbocycles. The minimum Gasteiger partial charge on any atom is -0.385 e. The van der Waals surface area contributed by atoms with Crippen molar-refractivity contribution < 1.29 is 9.53 Å². The molecule has 0 saturated heterocycles. The van der Waals surface area contributed by atoms with E-state index in [1.807, 2.05) is 33.5 Å². The van der Waals surface area contributed by atoms with E-state index in [1.165, 1.54) is 11.3 Å². The summed E-state index contributed by atoms with van der Waals surface area (Å²) in [5, 5.41) is 6.76. The average molecular weight is 321 g/mol. The Hall–Kier alpha value is -1.70. The van der Waals surface area contributed by atoms with Gasteiger partial charge in [0, 0.05) is 31.8 Å². The summed E-state index contributed by atoms with van der Waals surface area (Å²) in [5.74, 6) is -0.0764. The van der Waals surface area contributed by atoms with Crippen LogP contribution in [0.5, 0.6) is 0 Å². The SMILES string of the molecule is COCCCNC(=O)c1csc2nc(-c3cccs3)cn12. The molecule has 0 radical (unpaired) electrons. The van der Waals surface area contributed by atoms with Gasteiger partial charge in [0.05, 0.1) is 4.88 Å². The van der Waals surface area contributed by atoms with E-state index in [2.05, 4.69) is 10.3 Å². The van der Waals surface area contributed by atoms with Crippen molar-refractivity contribution in [3.63, 3.8) is 0 Å². The van der Waals surface area contributed by atoms with Crippen LogP contribution >= 0.6 is 22.7 Å². The fourth-order valence-corrected chi connectivity index (χ4v) is 3.53. The Bertz CT molecular complexity index is 731. The molecule has 3 aromatic heterocycles. The van der Waals surface area contributed by atoms with Crippen LogP contribution in [0, 0.1) is 0 Å². The van der Waals surface area contributed by atoms with E-state index in [9.17, 15) is 4.79 Å².